The molecule has 2 saturated heterocycles. The van der Waals surface area contributed by atoms with Crippen molar-refractivity contribution in [2.45, 2.75) is 38.6 Å². The lowest BCUT2D eigenvalue weighted by Gasteiger charge is -2.36. The minimum absolute atomic E-state index is 0.0169. The Bertz CT molecular complexity index is 343. The standard InChI is InChI=1S/C14H25N3O3/c1-2-20-14(19)16-12-6-4-8-17(10-12)13(18)11-5-3-7-15-9-11/h11-12,15H,2-10H2,1H3,(H,16,19)/t11-,12?/m1/s1. The minimum atomic E-state index is -0.383. The molecule has 2 aliphatic rings. The van der Waals surface area contributed by atoms with Gasteiger partial charge in [-0.2, -0.15) is 0 Å². The van der Waals surface area contributed by atoms with Crippen molar-refractivity contribution < 1.29 is 14.3 Å². The number of nitrogens with zero attached hydrogens (tertiary/aromatic N) is 1. The van der Waals surface area contributed by atoms with E-state index in [1.807, 2.05) is 4.90 Å². The molecule has 2 heterocycles. The first kappa shape index (κ1) is 15.1. The van der Waals surface area contributed by atoms with Gasteiger partial charge in [0, 0.05) is 25.7 Å². The van der Waals surface area contributed by atoms with Gasteiger partial charge in [-0.05, 0) is 39.2 Å². The van der Waals surface area contributed by atoms with Crippen molar-refractivity contribution in [2.24, 2.45) is 5.92 Å². The third kappa shape index (κ3) is 4.10. The van der Waals surface area contributed by atoms with Crippen molar-refractivity contribution in [3.63, 3.8) is 0 Å². The Morgan fingerprint density at radius 2 is 2.20 bits per heavy atom. The van der Waals surface area contributed by atoms with Crippen molar-refractivity contribution in [1.82, 2.24) is 15.5 Å². The molecule has 0 aromatic heterocycles. The summed E-state index contributed by atoms with van der Waals surface area (Å²) in [6.45, 7) is 5.36. The maximum atomic E-state index is 12.5. The SMILES string of the molecule is CCOC(=O)NC1CCCN(C(=O)[C@@H]2CCCNC2)C1. The van der Waals surface area contributed by atoms with Gasteiger partial charge in [-0.3, -0.25) is 4.79 Å². The summed E-state index contributed by atoms with van der Waals surface area (Å²) in [4.78, 5) is 25.8. The smallest absolute Gasteiger partial charge is 0.407 e. The van der Waals surface area contributed by atoms with Gasteiger partial charge in [-0.1, -0.05) is 0 Å². The second-order valence-electron chi connectivity index (χ2n) is 5.53. The van der Waals surface area contributed by atoms with Crippen molar-refractivity contribution in [1.29, 1.82) is 0 Å². The van der Waals surface area contributed by atoms with E-state index in [1.54, 1.807) is 6.92 Å². The minimum Gasteiger partial charge on any atom is -0.450 e. The summed E-state index contributed by atoms with van der Waals surface area (Å²) in [5.74, 6) is 0.331. The van der Waals surface area contributed by atoms with Gasteiger partial charge in [0.05, 0.1) is 12.5 Å². The quantitative estimate of drug-likeness (QED) is 0.801. The molecule has 0 saturated carbocycles. The lowest BCUT2D eigenvalue weighted by Crippen LogP contribution is -2.52. The van der Waals surface area contributed by atoms with Crippen LogP contribution in [-0.4, -0.2) is 55.7 Å². The van der Waals surface area contributed by atoms with Crippen LogP contribution in [-0.2, 0) is 9.53 Å². The van der Waals surface area contributed by atoms with E-state index in [4.69, 9.17) is 4.74 Å². The van der Waals surface area contributed by atoms with Crippen LogP contribution in [0.25, 0.3) is 0 Å². The molecule has 2 fully saturated rings. The molecule has 2 atom stereocenters. The Labute approximate surface area is 120 Å². The number of ether oxygens (including phenoxy) is 1. The number of hydrogen-bond acceptors (Lipinski definition) is 4. The summed E-state index contributed by atoms with van der Waals surface area (Å²) in [7, 11) is 0. The van der Waals surface area contributed by atoms with Gasteiger partial charge in [0.1, 0.15) is 0 Å². The molecule has 2 N–H and O–H groups in total. The van der Waals surface area contributed by atoms with Crippen LogP contribution in [0.1, 0.15) is 32.6 Å². The number of nitrogens with one attached hydrogen (secondary N) is 2. The maximum Gasteiger partial charge on any atom is 0.407 e. The van der Waals surface area contributed by atoms with Gasteiger partial charge >= 0.3 is 6.09 Å². The van der Waals surface area contributed by atoms with Crippen LogP contribution >= 0.6 is 0 Å². The van der Waals surface area contributed by atoms with Crippen molar-refractivity contribution in [3.05, 3.63) is 0 Å². The molecular formula is C14H25N3O3. The van der Waals surface area contributed by atoms with Crippen molar-refractivity contribution in [2.75, 3.05) is 32.8 Å². The van der Waals surface area contributed by atoms with Crippen LogP contribution in [0.5, 0.6) is 0 Å². The molecular weight excluding hydrogens is 258 g/mol. The number of amides is 2. The summed E-state index contributed by atoms with van der Waals surface area (Å²) in [6, 6.07) is 0.0169. The second-order valence-corrected chi connectivity index (χ2v) is 5.53. The Kier molecular flexibility index (Phi) is 5.64. The number of likely N-dealkylation sites (tertiary alicyclic amines) is 1. The molecule has 0 aromatic rings. The number of alkyl carbamates (subject to hydrolysis) is 1. The maximum absolute atomic E-state index is 12.5. The first-order valence-electron chi connectivity index (χ1n) is 7.63. The molecule has 2 aliphatic heterocycles. The summed E-state index contributed by atoms with van der Waals surface area (Å²) in [6.07, 6.45) is 3.49. The third-order valence-corrected chi connectivity index (χ3v) is 3.98. The van der Waals surface area contributed by atoms with E-state index in [-0.39, 0.29) is 24.0 Å². The lowest BCUT2D eigenvalue weighted by molar-refractivity contribution is -0.137. The third-order valence-electron chi connectivity index (χ3n) is 3.98. The average molecular weight is 283 g/mol. The molecule has 0 radical (unpaired) electrons. The zero-order valence-corrected chi connectivity index (χ0v) is 12.2. The van der Waals surface area contributed by atoms with E-state index in [1.165, 1.54) is 0 Å². The van der Waals surface area contributed by atoms with E-state index >= 15 is 0 Å². The molecule has 2 rings (SSSR count). The van der Waals surface area contributed by atoms with Gasteiger partial charge < -0.3 is 20.3 Å². The highest BCUT2D eigenvalue weighted by atomic mass is 16.5. The molecule has 6 nitrogen and oxygen atoms in total. The fourth-order valence-electron chi connectivity index (χ4n) is 2.96. The topological polar surface area (TPSA) is 70.7 Å². The van der Waals surface area contributed by atoms with E-state index in [0.29, 0.717) is 13.2 Å². The van der Waals surface area contributed by atoms with Crippen LogP contribution in [0.2, 0.25) is 0 Å². The summed E-state index contributed by atoms with van der Waals surface area (Å²) >= 11 is 0. The number of carbonyl (C=O) groups excluding carboxylic acids is 2. The van der Waals surface area contributed by atoms with Gasteiger partial charge in [0.2, 0.25) is 5.91 Å². The molecule has 20 heavy (non-hydrogen) atoms. The molecule has 1 unspecified atom stereocenters. The molecule has 0 spiro atoms. The summed E-state index contributed by atoms with van der Waals surface area (Å²) in [5.41, 5.74) is 0. The Morgan fingerprint density at radius 1 is 1.35 bits per heavy atom. The molecule has 0 aliphatic carbocycles. The number of piperidine rings is 2. The molecule has 6 heteroatoms. The van der Waals surface area contributed by atoms with Crippen LogP contribution in [0.3, 0.4) is 0 Å². The van der Waals surface area contributed by atoms with E-state index < -0.39 is 0 Å². The fraction of sp³-hybridized carbons (Fsp3) is 0.857. The van der Waals surface area contributed by atoms with Crippen LogP contribution in [0.4, 0.5) is 4.79 Å². The van der Waals surface area contributed by atoms with Gasteiger partial charge in [0.25, 0.3) is 0 Å². The fourth-order valence-corrected chi connectivity index (χ4v) is 2.96. The zero-order valence-electron chi connectivity index (χ0n) is 12.2. The normalized spacial score (nSPS) is 26.9. The highest BCUT2D eigenvalue weighted by molar-refractivity contribution is 5.79. The molecule has 2 amide bonds. The lowest BCUT2D eigenvalue weighted by atomic mass is 9.96. The molecule has 0 bridgehead atoms. The molecule has 0 aromatic carbocycles. The molecule has 114 valence electrons. The number of hydrogen-bond donors (Lipinski definition) is 2. The Hall–Kier alpha value is -1.30. The van der Waals surface area contributed by atoms with E-state index in [0.717, 1.165) is 45.3 Å². The van der Waals surface area contributed by atoms with Crippen LogP contribution < -0.4 is 10.6 Å². The average Bonchev–Trinajstić information content (AvgIpc) is 2.48. The van der Waals surface area contributed by atoms with Crippen LogP contribution in [0, 0.1) is 5.92 Å². The zero-order chi connectivity index (χ0) is 14.4. The summed E-state index contributed by atoms with van der Waals surface area (Å²) in [5, 5.41) is 6.11. The van der Waals surface area contributed by atoms with E-state index in [9.17, 15) is 9.59 Å². The Balaban J connectivity index is 1.82. The highest BCUT2D eigenvalue weighted by Crippen LogP contribution is 2.17. The predicted octanol–water partition coefficient (Wildman–Crippen LogP) is 0.723. The second kappa shape index (κ2) is 7.47. The van der Waals surface area contributed by atoms with Gasteiger partial charge in [0.15, 0.2) is 0 Å². The number of carbonyl (C=O) groups is 2. The predicted molar refractivity (Wildman–Crippen MR) is 75.4 cm³/mol. The first-order chi connectivity index (χ1) is 9.70. The summed E-state index contributed by atoms with van der Waals surface area (Å²) < 4.78 is 4.89. The number of rotatable bonds is 3. The first-order valence-corrected chi connectivity index (χ1v) is 7.63. The Morgan fingerprint density at radius 3 is 2.90 bits per heavy atom. The monoisotopic (exact) mass is 283 g/mol. The highest BCUT2D eigenvalue weighted by Gasteiger charge is 2.30. The van der Waals surface area contributed by atoms with Crippen LogP contribution in [0.15, 0.2) is 0 Å². The van der Waals surface area contributed by atoms with Gasteiger partial charge in [-0.25, -0.2) is 4.79 Å². The van der Waals surface area contributed by atoms with Crippen molar-refractivity contribution >= 4 is 12.0 Å². The van der Waals surface area contributed by atoms with Crippen molar-refractivity contribution in [3.8, 4) is 0 Å². The van der Waals surface area contributed by atoms with Gasteiger partial charge in [-0.15, -0.1) is 0 Å². The largest absolute Gasteiger partial charge is 0.450 e. The van der Waals surface area contributed by atoms with E-state index in [2.05, 4.69) is 10.6 Å².